The van der Waals surface area contributed by atoms with Gasteiger partial charge in [-0.1, -0.05) is 12.1 Å². The molecule has 6 heteroatoms. The van der Waals surface area contributed by atoms with Crippen LogP contribution >= 0.6 is 0 Å². The van der Waals surface area contributed by atoms with Crippen LogP contribution in [-0.2, 0) is 0 Å². The first-order valence-electron chi connectivity index (χ1n) is 4.56. The first-order chi connectivity index (χ1) is 7.68. The molecule has 0 saturated carbocycles. The lowest BCUT2D eigenvalue weighted by atomic mass is 10.3. The molecular weight excluding hydrogens is 210 g/mol. The number of nitrogens with one attached hydrogen (secondary N) is 1. The zero-order valence-electron chi connectivity index (χ0n) is 8.47. The Kier molecular flexibility index (Phi) is 2.55. The quantitative estimate of drug-likeness (QED) is 0.759. The van der Waals surface area contributed by atoms with E-state index in [1.54, 1.807) is 25.1 Å². The van der Waals surface area contributed by atoms with Gasteiger partial charge in [-0.25, -0.2) is 9.95 Å². The predicted molar refractivity (Wildman–Crippen MR) is 56.3 cm³/mol. The molecule has 6 nitrogen and oxygen atoms in total. The third kappa shape index (κ3) is 1.85. The molecule has 0 fully saturated rings. The number of phenols is 1. The van der Waals surface area contributed by atoms with Gasteiger partial charge in [0, 0.05) is 0 Å². The highest BCUT2D eigenvalue weighted by Gasteiger charge is 2.07. The van der Waals surface area contributed by atoms with Crippen LogP contribution in [0.4, 0.5) is 11.4 Å². The largest absolute Gasteiger partial charge is 0.506 e. The zero-order chi connectivity index (χ0) is 11.5. The maximum Gasteiger partial charge on any atom is 0.384 e. The van der Waals surface area contributed by atoms with Crippen LogP contribution in [0.1, 0.15) is 5.69 Å². The predicted octanol–water partition coefficient (Wildman–Crippen LogP) is 2.40. The first-order valence-corrected chi connectivity index (χ1v) is 4.56. The normalized spacial score (nSPS) is 11.1. The Hall–Kier alpha value is -2.37. The van der Waals surface area contributed by atoms with Crippen molar-refractivity contribution in [3.05, 3.63) is 40.4 Å². The van der Waals surface area contributed by atoms with Gasteiger partial charge in [0.15, 0.2) is 5.69 Å². The highest BCUT2D eigenvalue weighted by atomic mass is 16.5. The molecule has 0 spiro atoms. The molecule has 0 aliphatic rings. The van der Waals surface area contributed by atoms with Gasteiger partial charge < -0.3 is 9.63 Å². The number of aromatic hydroxyl groups is 1. The van der Waals surface area contributed by atoms with Crippen LogP contribution in [-0.4, -0.2) is 10.3 Å². The number of rotatable bonds is 2. The molecule has 16 heavy (non-hydrogen) atoms. The van der Waals surface area contributed by atoms with Crippen molar-refractivity contribution in [3.63, 3.8) is 0 Å². The molecule has 2 aromatic rings. The number of aromatic nitrogens is 1. The van der Waals surface area contributed by atoms with Crippen LogP contribution in [0.2, 0.25) is 0 Å². The van der Waals surface area contributed by atoms with Crippen molar-refractivity contribution in [2.45, 2.75) is 6.92 Å². The first kappa shape index (κ1) is 10.2. The van der Waals surface area contributed by atoms with Crippen molar-refractivity contribution in [2.75, 3.05) is 0 Å². The van der Waals surface area contributed by atoms with Gasteiger partial charge in [0.2, 0.25) is 0 Å². The lowest BCUT2D eigenvalue weighted by Gasteiger charge is -1.94. The van der Waals surface area contributed by atoms with E-state index in [4.69, 9.17) is 0 Å². The summed E-state index contributed by atoms with van der Waals surface area (Å²) in [4.78, 5) is 11.1. The number of benzene rings is 1. The monoisotopic (exact) mass is 219 g/mol. The number of aryl methyl sites for hydroxylation is 1. The summed E-state index contributed by atoms with van der Waals surface area (Å²) in [6.45, 7) is 1.64. The standard InChI is InChI=1S/C10H9N3O3/c1-6-9(10(15)16-13-6)12-11-7-4-2-3-5-8(7)14/h2-5,13-14H,1H3. The number of nitrogens with zero attached hydrogens (tertiary/aromatic N) is 2. The molecule has 1 aromatic heterocycles. The van der Waals surface area contributed by atoms with Crippen LogP contribution in [0.3, 0.4) is 0 Å². The van der Waals surface area contributed by atoms with Gasteiger partial charge in [0.25, 0.3) is 0 Å². The van der Waals surface area contributed by atoms with Crippen LogP contribution in [0.5, 0.6) is 5.75 Å². The highest BCUT2D eigenvalue weighted by Crippen LogP contribution is 2.26. The van der Waals surface area contributed by atoms with Gasteiger partial charge in [0.05, 0.1) is 5.69 Å². The van der Waals surface area contributed by atoms with Gasteiger partial charge in [-0.05, 0) is 19.1 Å². The second-order valence-electron chi connectivity index (χ2n) is 3.15. The van der Waals surface area contributed by atoms with E-state index in [1.807, 2.05) is 0 Å². The summed E-state index contributed by atoms with van der Waals surface area (Å²) >= 11 is 0. The van der Waals surface area contributed by atoms with Crippen molar-refractivity contribution < 1.29 is 9.63 Å². The maximum absolute atomic E-state index is 11.1. The molecule has 1 heterocycles. The number of H-pyrrole nitrogens is 1. The fourth-order valence-electron chi connectivity index (χ4n) is 1.14. The van der Waals surface area contributed by atoms with Crippen LogP contribution < -0.4 is 5.63 Å². The average molecular weight is 219 g/mol. The summed E-state index contributed by atoms with van der Waals surface area (Å²) in [7, 11) is 0. The van der Waals surface area contributed by atoms with Crippen molar-refractivity contribution in [3.8, 4) is 5.75 Å². The summed E-state index contributed by atoms with van der Waals surface area (Å²) in [5.41, 5.74) is 0.298. The van der Waals surface area contributed by atoms with Gasteiger partial charge >= 0.3 is 5.63 Å². The van der Waals surface area contributed by atoms with E-state index in [2.05, 4.69) is 19.9 Å². The molecular formula is C10H9N3O3. The molecule has 0 unspecified atom stereocenters. The van der Waals surface area contributed by atoms with E-state index in [-0.39, 0.29) is 11.4 Å². The molecule has 0 amide bonds. The second kappa shape index (κ2) is 4.01. The van der Waals surface area contributed by atoms with Gasteiger partial charge in [-0.2, -0.15) is 0 Å². The molecule has 0 atom stereocenters. The zero-order valence-corrected chi connectivity index (χ0v) is 8.47. The average Bonchev–Trinajstić information content (AvgIpc) is 2.58. The van der Waals surface area contributed by atoms with E-state index in [0.717, 1.165) is 0 Å². The third-order valence-corrected chi connectivity index (χ3v) is 1.98. The second-order valence-corrected chi connectivity index (χ2v) is 3.15. The minimum absolute atomic E-state index is 0.00354. The van der Waals surface area contributed by atoms with E-state index in [0.29, 0.717) is 11.4 Å². The molecule has 2 rings (SSSR count). The molecule has 2 N–H and O–H groups in total. The Bertz CT molecular complexity index is 583. The number of hydrogen-bond acceptors (Lipinski definition) is 5. The van der Waals surface area contributed by atoms with Crippen LogP contribution in [0, 0.1) is 6.92 Å². The lowest BCUT2D eigenvalue weighted by Crippen LogP contribution is -1.89. The Morgan fingerprint density at radius 2 is 2.06 bits per heavy atom. The fraction of sp³-hybridized carbons (Fsp3) is 0.100. The summed E-state index contributed by atoms with van der Waals surface area (Å²) in [5.74, 6) is 0.00354. The molecule has 0 aliphatic heterocycles. The SMILES string of the molecule is Cc1[nH]oc(=O)c1N=Nc1ccccc1O. The molecule has 82 valence electrons. The van der Waals surface area contributed by atoms with Crippen molar-refractivity contribution in [1.82, 2.24) is 5.16 Å². The molecule has 1 aromatic carbocycles. The Balaban J connectivity index is 2.36. The van der Waals surface area contributed by atoms with E-state index >= 15 is 0 Å². The minimum atomic E-state index is -0.586. The van der Waals surface area contributed by atoms with Crippen molar-refractivity contribution in [2.24, 2.45) is 10.2 Å². The number of azo groups is 1. The van der Waals surface area contributed by atoms with Gasteiger partial charge in [-0.3, -0.25) is 0 Å². The van der Waals surface area contributed by atoms with E-state index in [1.165, 1.54) is 6.07 Å². The maximum atomic E-state index is 11.1. The molecule has 0 saturated heterocycles. The van der Waals surface area contributed by atoms with E-state index in [9.17, 15) is 9.90 Å². The number of hydrogen-bond donors (Lipinski definition) is 2. The van der Waals surface area contributed by atoms with Gasteiger partial charge in [0.1, 0.15) is 11.4 Å². The fourth-order valence-corrected chi connectivity index (χ4v) is 1.14. The molecule has 0 bridgehead atoms. The van der Waals surface area contributed by atoms with Crippen LogP contribution in [0.25, 0.3) is 0 Å². The minimum Gasteiger partial charge on any atom is -0.506 e. The Morgan fingerprint density at radius 3 is 2.69 bits per heavy atom. The number of aromatic amines is 1. The molecule has 0 aliphatic carbocycles. The smallest absolute Gasteiger partial charge is 0.384 e. The lowest BCUT2D eigenvalue weighted by molar-refractivity contribution is 0.388. The summed E-state index contributed by atoms with van der Waals surface area (Å²) in [6.07, 6.45) is 0. The van der Waals surface area contributed by atoms with Gasteiger partial charge in [-0.15, -0.1) is 10.2 Å². The van der Waals surface area contributed by atoms with Crippen molar-refractivity contribution in [1.29, 1.82) is 0 Å². The topological polar surface area (TPSA) is 91.0 Å². The number of para-hydroxylation sites is 1. The van der Waals surface area contributed by atoms with E-state index < -0.39 is 5.63 Å². The van der Waals surface area contributed by atoms with Crippen LogP contribution in [0.15, 0.2) is 43.8 Å². The van der Waals surface area contributed by atoms with Crippen molar-refractivity contribution >= 4 is 11.4 Å². The number of phenolic OH excluding ortho intramolecular Hbond substituents is 1. The third-order valence-electron chi connectivity index (χ3n) is 1.98. The Labute approximate surface area is 90.2 Å². The summed E-state index contributed by atoms with van der Waals surface area (Å²) in [6, 6.07) is 6.45. The molecule has 0 radical (unpaired) electrons. The summed E-state index contributed by atoms with van der Waals surface area (Å²) in [5, 5.41) is 19.3. The highest BCUT2D eigenvalue weighted by molar-refractivity contribution is 5.50. The summed E-state index contributed by atoms with van der Waals surface area (Å²) < 4.78 is 4.52. The Morgan fingerprint density at radius 1 is 1.31 bits per heavy atom.